The van der Waals surface area contributed by atoms with E-state index < -0.39 is 5.41 Å². The molecule has 11 aromatic rings. The molecule has 0 fully saturated rings. The zero-order valence-electron chi connectivity index (χ0n) is 36.0. The number of ether oxygens (including phenoxy) is 1. The van der Waals surface area contributed by atoms with Crippen LogP contribution in [0.25, 0.3) is 53.6 Å². The van der Waals surface area contributed by atoms with Gasteiger partial charge in [0, 0.05) is 42.6 Å². The molecule has 10 aromatic carbocycles. The van der Waals surface area contributed by atoms with Crippen LogP contribution in [0.4, 0.5) is 17.1 Å². The second-order valence-electron chi connectivity index (χ2n) is 17.8. The Balaban J connectivity index is 1.09. The molecule has 3 heteroatoms. The second-order valence-corrected chi connectivity index (χ2v) is 18.9. The summed E-state index contributed by atoms with van der Waals surface area (Å²) in [6, 6.07) is 83.5. The first kappa shape index (κ1) is 37.4. The molecule has 0 amide bonds. The van der Waals surface area contributed by atoms with E-state index in [0.29, 0.717) is 0 Å². The number of fused-ring (bicyclic) bond motifs is 18. The average molecular weight is 860 g/mol. The first-order valence-electron chi connectivity index (χ1n) is 22.9. The van der Waals surface area contributed by atoms with Crippen LogP contribution in [0.15, 0.2) is 224 Å². The summed E-state index contributed by atoms with van der Waals surface area (Å²) in [5.74, 6) is 1.77. The molecule has 0 saturated carbocycles. The van der Waals surface area contributed by atoms with Crippen molar-refractivity contribution in [1.29, 1.82) is 0 Å². The van der Waals surface area contributed by atoms with Crippen molar-refractivity contribution in [3.8, 4) is 44.9 Å². The van der Waals surface area contributed by atoms with Crippen molar-refractivity contribution in [2.75, 3.05) is 4.90 Å². The Hall–Kier alpha value is -7.98. The minimum Gasteiger partial charge on any atom is -0.457 e. The summed E-state index contributed by atoms with van der Waals surface area (Å²) < 4.78 is 9.54. The molecule has 2 nitrogen and oxygen atoms in total. The predicted molar refractivity (Wildman–Crippen MR) is 274 cm³/mol. The molecule has 2 aliphatic carbocycles. The number of rotatable bonds is 3. The van der Waals surface area contributed by atoms with Crippen LogP contribution >= 0.6 is 11.3 Å². The quantitative estimate of drug-likeness (QED) is 0.175. The van der Waals surface area contributed by atoms with Crippen molar-refractivity contribution >= 4 is 48.6 Å². The van der Waals surface area contributed by atoms with Crippen LogP contribution in [0.2, 0.25) is 0 Å². The van der Waals surface area contributed by atoms with Crippen molar-refractivity contribution in [2.24, 2.45) is 0 Å². The number of thiophene rings is 1. The van der Waals surface area contributed by atoms with E-state index >= 15 is 0 Å². The maximum absolute atomic E-state index is 6.99. The Morgan fingerprint density at radius 1 is 0.379 bits per heavy atom. The fourth-order valence-corrected chi connectivity index (χ4v) is 12.9. The summed E-state index contributed by atoms with van der Waals surface area (Å²) in [6.07, 6.45) is 1.60. The minimum absolute atomic E-state index is 0.606. The van der Waals surface area contributed by atoms with Gasteiger partial charge >= 0.3 is 0 Å². The molecular formula is C63H41NOS. The monoisotopic (exact) mass is 859 g/mol. The summed E-state index contributed by atoms with van der Waals surface area (Å²) in [5, 5.41) is 2.52. The molecule has 0 radical (unpaired) electrons. The van der Waals surface area contributed by atoms with Crippen molar-refractivity contribution in [1.82, 2.24) is 0 Å². The maximum Gasteiger partial charge on any atom is 0.132 e. The smallest absolute Gasteiger partial charge is 0.132 e. The molecule has 1 aliphatic heterocycles. The molecule has 2 heterocycles. The molecule has 0 bridgehead atoms. The number of nitrogens with zero attached hydrogens (tertiary/aromatic N) is 1. The lowest BCUT2D eigenvalue weighted by Crippen LogP contribution is -2.32. The van der Waals surface area contributed by atoms with Crippen LogP contribution < -0.4 is 9.64 Å². The highest BCUT2D eigenvalue weighted by molar-refractivity contribution is 7.26. The van der Waals surface area contributed by atoms with Gasteiger partial charge < -0.3 is 9.64 Å². The summed E-state index contributed by atoms with van der Waals surface area (Å²) in [4.78, 5) is 2.57. The lowest BCUT2D eigenvalue weighted by Gasteiger charge is -2.40. The lowest BCUT2D eigenvalue weighted by molar-refractivity contribution is 0.436. The Labute approximate surface area is 388 Å². The number of benzene rings is 10. The number of hydrogen-bond acceptors (Lipinski definition) is 3. The molecule has 3 aliphatic rings. The third kappa shape index (κ3) is 5.35. The SMILES string of the molecule is c1ccc2c(c1)Cc1ccccc1-c1c(cccc1N(c1ccc3c(c1)C1(c4ccccc4O3)c3ccccc3-c3ccccc31)c1cccc3sc4ccccc4c13)Cc1ccccc1-2. The van der Waals surface area contributed by atoms with E-state index in [1.54, 1.807) is 0 Å². The minimum atomic E-state index is -0.606. The topological polar surface area (TPSA) is 12.5 Å². The van der Waals surface area contributed by atoms with Gasteiger partial charge in [0.25, 0.3) is 0 Å². The molecule has 0 saturated heterocycles. The summed E-state index contributed by atoms with van der Waals surface area (Å²) in [6.45, 7) is 0. The predicted octanol–water partition coefficient (Wildman–Crippen LogP) is 16.8. The van der Waals surface area contributed by atoms with Gasteiger partial charge in [-0.25, -0.2) is 0 Å². The molecule has 14 rings (SSSR count). The van der Waals surface area contributed by atoms with Crippen LogP contribution in [0.1, 0.15) is 44.5 Å². The second kappa shape index (κ2) is 14.5. The van der Waals surface area contributed by atoms with E-state index in [1.165, 1.54) is 86.9 Å². The summed E-state index contributed by atoms with van der Waals surface area (Å²) in [7, 11) is 0. The molecule has 66 heavy (non-hydrogen) atoms. The normalized spacial score (nSPS) is 13.6. The van der Waals surface area contributed by atoms with Crippen LogP contribution in [0.3, 0.4) is 0 Å². The van der Waals surface area contributed by atoms with E-state index in [0.717, 1.165) is 52.5 Å². The van der Waals surface area contributed by atoms with Gasteiger partial charge in [-0.2, -0.15) is 0 Å². The van der Waals surface area contributed by atoms with Crippen molar-refractivity contribution in [2.45, 2.75) is 18.3 Å². The van der Waals surface area contributed by atoms with Gasteiger partial charge in [0.2, 0.25) is 0 Å². The van der Waals surface area contributed by atoms with Gasteiger partial charge in [-0.05, 0) is 123 Å². The summed E-state index contributed by atoms with van der Waals surface area (Å²) in [5.41, 5.74) is 20.5. The molecule has 310 valence electrons. The van der Waals surface area contributed by atoms with Gasteiger partial charge in [0.05, 0.1) is 16.8 Å². The average Bonchev–Trinajstić information content (AvgIpc) is 3.90. The van der Waals surface area contributed by atoms with Crippen LogP contribution in [0.5, 0.6) is 11.5 Å². The Morgan fingerprint density at radius 3 is 1.64 bits per heavy atom. The molecule has 1 aromatic heterocycles. The highest BCUT2D eigenvalue weighted by Gasteiger charge is 2.51. The van der Waals surface area contributed by atoms with E-state index in [-0.39, 0.29) is 0 Å². The first-order chi connectivity index (χ1) is 32.7. The van der Waals surface area contributed by atoms with E-state index in [4.69, 9.17) is 4.74 Å². The number of para-hydroxylation sites is 1. The largest absolute Gasteiger partial charge is 0.457 e. The van der Waals surface area contributed by atoms with E-state index in [2.05, 4.69) is 229 Å². The van der Waals surface area contributed by atoms with Crippen molar-refractivity contribution in [3.05, 3.63) is 269 Å². The highest BCUT2D eigenvalue weighted by atomic mass is 32.1. The van der Waals surface area contributed by atoms with Gasteiger partial charge in [-0.15, -0.1) is 11.3 Å². The van der Waals surface area contributed by atoms with Gasteiger partial charge in [-0.1, -0.05) is 176 Å². The van der Waals surface area contributed by atoms with Gasteiger partial charge in [0.15, 0.2) is 0 Å². The Kier molecular flexibility index (Phi) is 8.23. The fraction of sp³-hybridized carbons (Fsp3) is 0.0476. The van der Waals surface area contributed by atoms with Crippen molar-refractivity contribution < 1.29 is 4.74 Å². The third-order valence-corrected chi connectivity index (χ3v) is 15.6. The first-order valence-corrected chi connectivity index (χ1v) is 23.7. The Morgan fingerprint density at radius 2 is 0.894 bits per heavy atom. The standard InChI is InChI=1S/C63H41NOS/c1-4-21-45-40(17-1)37-42-19-3-6-23-47(42)61-43(38-41-18-2-5-22-46(41)45)20-15-30-55(61)64(56-31-16-34-60-62(56)50-26-9-14-33-59(50)66-60)44-35-36-58-54(39-44)63(53-29-12-13-32-57(53)65-58)51-27-10-7-24-48(51)49-25-8-11-28-52(49)63/h1-36,39H,37-38H2. The van der Waals surface area contributed by atoms with Gasteiger partial charge in [-0.3, -0.25) is 0 Å². The lowest BCUT2D eigenvalue weighted by atomic mass is 9.66. The zero-order valence-corrected chi connectivity index (χ0v) is 36.9. The molecular weight excluding hydrogens is 819 g/mol. The number of anilines is 3. The van der Waals surface area contributed by atoms with Crippen LogP contribution in [0, 0.1) is 0 Å². The maximum atomic E-state index is 6.99. The molecule has 0 N–H and O–H groups in total. The van der Waals surface area contributed by atoms with Gasteiger partial charge in [0.1, 0.15) is 11.5 Å². The highest BCUT2D eigenvalue weighted by Crippen LogP contribution is 2.63. The molecule has 0 unspecified atom stereocenters. The van der Waals surface area contributed by atoms with E-state index in [9.17, 15) is 0 Å². The fourth-order valence-electron chi connectivity index (χ4n) is 11.8. The van der Waals surface area contributed by atoms with Crippen LogP contribution in [-0.4, -0.2) is 0 Å². The Bertz CT molecular complexity index is 3740. The van der Waals surface area contributed by atoms with E-state index in [1.807, 2.05) is 11.3 Å². The van der Waals surface area contributed by atoms with Crippen molar-refractivity contribution in [3.63, 3.8) is 0 Å². The third-order valence-electron chi connectivity index (χ3n) is 14.5. The number of hydrogen-bond donors (Lipinski definition) is 0. The van der Waals surface area contributed by atoms with Crippen LogP contribution in [-0.2, 0) is 18.3 Å². The molecule has 0 atom stereocenters. The zero-order chi connectivity index (χ0) is 43.3. The summed E-state index contributed by atoms with van der Waals surface area (Å²) >= 11 is 1.87. The molecule has 1 spiro atoms.